The van der Waals surface area contributed by atoms with Crippen LogP contribution in [0.4, 0.5) is 16.4 Å². The van der Waals surface area contributed by atoms with Gasteiger partial charge < -0.3 is 10.4 Å². The van der Waals surface area contributed by atoms with E-state index < -0.39 is 10.0 Å². The molecule has 0 aliphatic rings. The molecule has 0 radical (unpaired) electrons. The topological polar surface area (TPSA) is 147 Å². The molecule has 0 saturated heterocycles. The number of rotatable bonds is 4. The number of nitrogens with one attached hydrogen (secondary N) is 1. The average molecular weight is 391 g/mol. The fourth-order valence-corrected chi connectivity index (χ4v) is 3.36. The van der Waals surface area contributed by atoms with Gasteiger partial charge in [0.05, 0.1) is 21.8 Å². The second kappa shape index (κ2) is 6.78. The summed E-state index contributed by atoms with van der Waals surface area (Å²) in [6.45, 7) is 1.32. The van der Waals surface area contributed by atoms with Crippen LogP contribution in [0, 0.1) is 0 Å². The van der Waals surface area contributed by atoms with Crippen LogP contribution < -0.4 is 10.5 Å². The Balaban J connectivity index is 1.97. The Morgan fingerprint density at radius 2 is 2.00 bits per heavy atom. The summed E-state index contributed by atoms with van der Waals surface area (Å²) in [6, 6.07) is 8.66. The number of carbonyl (C=O) groups is 1. The van der Waals surface area contributed by atoms with Crippen LogP contribution in [0.15, 0.2) is 51.5 Å². The van der Waals surface area contributed by atoms with E-state index in [0.717, 1.165) is 11.5 Å². The predicted molar refractivity (Wildman–Crippen MR) is 97.6 cm³/mol. The molecule has 0 fully saturated rings. The number of carbonyl (C=O) groups excluding carboxylic acids is 1. The fourth-order valence-electron chi connectivity index (χ4n) is 2.14. The summed E-state index contributed by atoms with van der Waals surface area (Å²) in [7, 11) is -3.84. The van der Waals surface area contributed by atoms with Gasteiger partial charge in [0.25, 0.3) is 0 Å². The number of fused-ring (bicyclic) bond motifs is 1. The standard InChI is InChI=1S/C15H13N5O4S2/c1-8(21)17-13-6-9(2-5-14(13)22)18-19-15-11-7-10(26(16,23)24)3-4-12(11)20-25-15/h2-7,22H,1H3,(H,17,21)(H2,16,23,24)/b19-18+. The number of benzene rings is 2. The van der Waals surface area contributed by atoms with E-state index in [4.69, 9.17) is 5.14 Å². The highest BCUT2D eigenvalue weighted by Crippen LogP contribution is 2.34. The maximum atomic E-state index is 11.5. The van der Waals surface area contributed by atoms with Gasteiger partial charge in [0, 0.05) is 12.3 Å². The lowest BCUT2D eigenvalue weighted by Crippen LogP contribution is -2.11. The number of sulfonamides is 1. The lowest BCUT2D eigenvalue weighted by Gasteiger charge is -2.05. The van der Waals surface area contributed by atoms with E-state index in [1.165, 1.54) is 37.3 Å². The van der Waals surface area contributed by atoms with Gasteiger partial charge in [-0.1, -0.05) is 0 Å². The van der Waals surface area contributed by atoms with Gasteiger partial charge in [0.15, 0.2) is 5.00 Å². The normalized spacial score (nSPS) is 11.9. The minimum absolute atomic E-state index is 0.0424. The van der Waals surface area contributed by atoms with Gasteiger partial charge in [-0.2, -0.15) is 4.37 Å². The van der Waals surface area contributed by atoms with Crippen molar-refractivity contribution in [2.45, 2.75) is 11.8 Å². The van der Waals surface area contributed by atoms with E-state index in [-0.39, 0.29) is 22.2 Å². The Hall–Kier alpha value is -2.89. The summed E-state index contributed by atoms with van der Waals surface area (Å²) in [6.07, 6.45) is 0. The maximum Gasteiger partial charge on any atom is 0.238 e. The molecule has 3 rings (SSSR count). The molecular weight excluding hydrogens is 378 g/mol. The first-order valence-electron chi connectivity index (χ1n) is 7.18. The van der Waals surface area contributed by atoms with E-state index >= 15 is 0 Å². The van der Waals surface area contributed by atoms with Crippen LogP contribution in [0.5, 0.6) is 5.75 Å². The number of phenolic OH excluding ortho intramolecular Hbond substituents is 1. The van der Waals surface area contributed by atoms with Crippen LogP contribution in [0.1, 0.15) is 6.92 Å². The van der Waals surface area contributed by atoms with Gasteiger partial charge in [-0.15, -0.1) is 10.2 Å². The van der Waals surface area contributed by atoms with Crippen molar-refractivity contribution in [1.29, 1.82) is 0 Å². The molecule has 0 unspecified atom stereocenters. The molecule has 134 valence electrons. The molecule has 11 heteroatoms. The number of hydrogen-bond acceptors (Lipinski definition) is 8. The van der Waals surface area contributed by atoms with Gasteiger partial charge in [-0.25, -0.2) is 13.6 Å². The van der Waals surface area contributed by atoms with Crippen LogP contribution in [-0.2, 0) is 14.8 Å². The lowest BCUT2D eigenvalue weighted by molar-refractivity contribution is -0.114. The van der Waals surface area contributed by atoms with Crippen molar-refractivity contribution in [3.05, 3.63) is 36.4 Å². The molecule has 0 bridgehead atoms. The zero-order valence-electron chi connectivity index (χ0n) is 13.4. The van der Waals surface area contributed by atoms with Crippen LogP contribution in [0.25, 0.3) is 10.9 Å². The third kappa shape index (κ3) is 3.85. The molecule has 0 spiro atoms. The molecule has 0 saturated carbocycles. The number of primary sulfonamides is 1. The lowest BCUT2D eigenvalue weighted by atomic mass is 10.2. The van der Waals surface area contributed by atoms with Crippen molar-refractivity contribution in [2.75, 3.05) is 5.32 Å². The van der Waals surface area contributed by atoms with Gasteiger partial charge in [0.1, 0.15) is 5.75 Å². The van der Waals surface area contributed by atoms with Crippen LogP contribution in [-0.4, -0.2) is 23.8 Å². The SMILES string of the molecule is CC(=O)Nc1cc(/N=N/c2snc3ccc(S(N)(=O)=O)cc23)ccc1O. The first-order chi connectivity index (χ1) is 12.2. The van der Waals surface area contributed by atoms with Crippen molar-refractivity contribution in [3.8, 4) is 5.75 Å². The van der Waals surface area contributed by atoms with E-state index in [0.29, 0.717) is 21.6 Å². The van der Waals surface area contributed by atoms with Crippen molar-refractivity contribution in [3.63, 3.8) is 0 Å². The molecule has 1 aromatic heterocycles. The number of hydrogen-bond donors (Lipinski definition) is 3. The molecule has 0 atom stereocenters. The Morgan fingerprint density at radius 3 is 2.69 bits per heavy atom. The highest BCUT2D eigenvalue weighted by Gasteiger charge is 2.12. The number of aromatic nitrogens is 1. The highest BCUT2D eigenvalue weighted by molar-refractivity contribution is 7.89. The summed E-state index contributed by atoms with van der Waals surface area (Å²) in [5.41, 5.74) is 1.16. The number of nitrogens with zero attached hydrogens (tertiary/aromatic N) is 3. The summed E-state index contributed by atoms with van der Waals surface area (Å²) in [5, 5.41) is 26.4. The molecule has 4 N–H and O–H groups in total. The first kappa shape index (κ1) is 17.9. The van der Waals surface area contributed by atoms with E-state index in [9.17, 15) is 18.3 Å². The Kier molecular flexibility index (Phi) is 4.68. The molecule has 3 aromatic rings. The van der Waals surface area contributed by atoms with Gasteiger partial charge in [-0.05, 0) is 47.9 Å². The largest absolute Gasteiger partial charge is 0.506 e. The number of azo groups is 1. The molecule has 0 aliphatic carbocycles. The van der Waals surface area contributed by atoms with Crippen LogP contribution in [0.2, 0.25) is 0 Å². The predicted octanol–water partition coefficient (Wildman–Crippen LogP) is 3.02. The van der Waals surface area contributed by atoms with Crippen molar-refractivity contribution >= 4 is 54.7 Å². The quantitative estimate of drug-likeness (QED) is 0.462. The van der Waals surface area contributed by atoms with E-state index in [1.54, 1.807) is 6.07 Å². The van der Waals surface area contributed by atoms with E-state index in [2.05, 4.69) is 19.9 Å². The van der Waals surface area contributed by atoms with Crippen molar-refractivity contribution in [1.82, 2.24) is 4.37 Å². The summed E-state index contributed by atoms with van der Waals surface area (Å²) >= 11 is 1.05. The maximum absolute atomic E-state index is 11.5. The second-order valence-corrected chi connectivity index (χ2v) is 7.61. The van der Waals surface area contributed by atoms with Crippen LogP contribution >= 0.6 is 11.5 Å². The van der Waals surface area contributed by atoms with Gasteiger partial charge in [0.2, 0.25) is 15.9 Å². The summed E-state index contributed by atoms with van der Waals surface area (Å²) in [5.74, 6) is -0.432. The monoisotopic (exact) mass is 391 g/mol. The Morgan fingerprint density at radius 1 is 1.23 bits per heavy atom. The number of amides is 1. The molecule has 9 nitrogen and oxygen atoms in total. The number of anilines is 1. The van der Waals surface area contributed by atoms with E-state index in [1.807, 2.05) is 0 Å². The Bertz CT molecular complexity index is 1140. The zero-order valence-corrected chi connectivity index (χ0v) is 15.0. The van der Waals surface area contributed by atoms with Gasteiger partial charge in [-0.3, -0.25) is 4.79 Å². The average Bonchev–Trinajstić information content (AvgIpc) is 2.96. The smallest absolute Gasteiger partial charge is 0.238 e. The third-order valence-corrected chi connectivity index (χ3v) is 4.98. The fraction of sp³-hybridized carbons (Fsp3) is 0.0667. The molecule has 26 heavy (non-hydrogen) atoms. The minimum atomic E-state index is -3.84. The zero-order chi connectivity index (χ0) is 18.9. The molecule has 1 amide bonds. The number of phenols is 1. The molecule has 0 aliphatic heterocycles. The van der Waals surface area contributed by atoms with Crippen LogP contribution in [0.3, 0.4) is 0 Å². The third-order valence-electron chi connectivity index (χ3n) is 3.30. The molecular formula is C15H13N5O4S2. The van der Waals surface area contributed by atoms with Crippen molar-refractivity contribution < 1.29 is 18.3 Å². The highest BCUT2D eigenvalue weighted by atomic mass is 32.2. The summed E-state index contributed by atoms with van der Waals surface area (Å²) in [4.78, 5) is 11.1. The Labute approximate surface area is 152 Å². The van der Waals surface area contributed by atoms with Crippen molar-refractivity contribution in [2.24, 2.45) is 15.4 Å². The summed E-state index contributed by atoms with van der Waals surface area (Å²) < 4.78 is 27.2. The number of aromatic hydroxyl groups is 1. The molecule has 2 aromatic carbocycles. The van der Waals surface area contributed by atoms with Gasteiger partial charge >= 0.3 is 0 Å². The first-order valence-corrected chi connectivity index (χ1v) is 9.50. The minimum Gasteiger partial charge on any atom is -0.506 e. The second-order valence-electron chi connectivity index (χ2n) is 5.29. The molecule has 1 heterocycles. The number of nitrogens with two attached hydrogens (primary N) is 1.